The molecule has 1 aliphatic heterocycles. The lowest BCUT2D eigenvalue weighted by atomic mass is 9.73. The maximum absolute atomic E-state index is 13.2. The van der Waals surface area contributed by atoms with Gasteiger partial charge in [-0.15, -0.1) is 0 Å². The van der Waals surface area contributed by atoms with Crippen molar-refractivity contribution in [2.45, 2.75) is 82.1 Å². The Kier molecular flexibility index (Phi) is 10.6. The van der Waals surface area contributed by atoms with Crippen LogP contribution in [0.1, 0.15) is 38.7 Å². The van der Waals surface area contributed by atoms with Gasteiger partial charge in [-0.25, -0.2) is 4.39 Å². The number of aromatic hydroxyl groups is 1. The standard InChI is InChI=1S/C33H39ClFNO10/c1-15(10-11-44-23-9-7-18(35)14-21(23)34)31-29(41)30(42)33(46-31)45-24-8-6-17(13-22(24)37)12-16(2)32(43)36-25-26(38)19-4-3-5-20(19)27(39)28(25)40/h6-10,12-14,19-20,25-31,33,37-42H,3-5,11H2,1-2H3,(H,36,43)/b15-10+,16-12+/t19-,20+,25+,26+,27+,28+,29+,30+,31-,33-/m1/s1. The van der Waals surface area contributed by atoms with Gasteiger partial charge in [0.05, 0.1) is 23.3 Å². The third-order valence-corrected chi connectivity index (χ3v) is 9.36. The number of aliphatic hydroxyl groups is 5. The van der Waals surface area contributed by atoms with Crippen LogP contribution >= 0.6 is 11.6 Å². The van der Waals surface area contributed by atoms with E-state index < -0.39 is 60.7 Å². The lowest BCUT2D eigenvalue weighted by Crippen LogP contribution is -2.63. The van der Waals surface area contributed by atoms with Crippen LogP contribution in [0, 0.1) is 17.7 Å². The molecule has 1 heterocycles. The number of hydrogen-bond acceptors (Lipinski definition) is 10. The summed E-state index contributed by atoms with van der Waals surface area (Å²) in [6, 6.07) is 7.01. The molecule has 46 heavy (non-hydrogen) atoms. The molecule has 250 valence electrons. The fraction of sp³-hybridized carbons (Fsp3) is 0.485. The smallest absolute Gasteiger partial charge is 0.247 e. The molecule has 0 spiro atoms. The molecule has 3 fully saturated rings. The molecule has 2 saturated carbocycles. The van der Waals surface area contributed by atoms with Crippen molar-refractivity contribution in [2.24, 2.45) is 11.8 Å². The Labute approximate surface area is 270 Å². The van der Waals surface area contributed by atoms with Crippen LogP contribution in [0.3, 0.4) is 0 Å². The molecule has 1 amide bonds. The van der Waals surface area contributed by atoms with E-state index in [0.717, 1.165) is 18.9 Å². The first-order chi connectivity index (χ1) is 21.8. The molecule has 10 atom stereocenters. The van der Waals surface area contributed by atoms with Gasteiger partial charge in [0.15, 0.2) is 11.5 Å². The number of phenols is 1. The Morgan fingerprint density at radius 3 is 2.37 bits per heavy atom. The first-order valence-electron chi connectivity index (χ1n) is 15.1. The normalized spacial score (nSPS) is 33.1. The van der Waals surface area contributed by atoms with Crippen molar-refractivity contribution >= 4 is 23.6 Å². The number of fused-ring (bicyclic) bond motifs is 1. The molecule has 7 N–H and O–H groups in total. The van der Waals surface area contributed by atoms with E-state index in [0.29, 0.717) is 17.6 Å². The van der Waals surface area contributed by atoms with Gasteiger partial charge in [-0.05, 0) is 92.1 Å². The minimum atomic E-state index is -1.45. The number of aliphatic hydroxyl groups excluding tert-OH is 5. The van der Waals surface area contributed by atoms with Gasteiger partial charge in [0.2, 0.25) is 12.2 Å². The summed E-state index contributed by atoms with van der Waals surface area (Å²) < 4.78 is 30.2. The molecule has 5 rings (SSSR count). The van der Waals surface area contributed by atoms with Crippen LogP contribution < -0.4 is 14.8 Å². The predicted octanol–water partition coefficient (Wildman–Crippen LogP) is 2.44. The van der Waals surface area contributed by atoms with Crippen molar-refractivity contribution in [3.05, 3.63) is 70.0 Å². The largest absolute Gasteiger partial charge is 0.504 e. The molecule has 0 bridgehead atoms. The third-order valence-electron chi connectivity index (χ3n) is 9.06. The SMILES string of the molecule is C/C(=C\c1ccc(O[C@@H]2O[C@H](/C(C)=C/COc3ccc(F)cc3Cl)[C@@H](O)[C@@H]2O)c(O)c1)C(=O)N[C@@H]1[C@H](O)[C@@H](O)[C@H]2CCC[C@H]2[C@@H]1O. The summed E-state index contributed by atoms with van der Waals surface area (Å²) >= 11 is 5.97. The van der Waals surface area contributed by atoms with E-state index in [1.807, 2.05) is 0 Å². The van der Waals surface area contributed by atoms with E-state index in [4.69, 9.17) is 25.8 Å². The Balaban J connectivity index is 1.18. The van der Waals surface area contributed by atoms with E-state index in [-0.39, 0.29) is 46.3 Å². The highest BCUT2D eigenvalue weighted by Crippen LogP contribution is 2.43. The van der Waals surface area contributed by atoms with E-state index >= 15 is 0 Å². The van der Waals surface area contributed by atoms with Gasteiger partial charge in [0.1, 0.15) is 42.6 Å². The zero-order valence-electron chi connectivity index (χ0n) is 25.3. The van der Waals surface area contributed by atoms with Crippen molar-refractivity contribution in [1.82, 2.24) is 5.32 Å². The second kappa shape index (κ2) is 14.3. The fourth-order valence-corrected chi connectivity index (χ4v) is 6.71. The monoisotopic (exact) mass is 663 g/mol. The van der Waals surface area contributed by atoms with Crippen LogP contribution in [-0.4, -0.2) is 92.1 Å². The number of carbonyl (C=O) groups is 1. The summed E-state index contributed by atoms with van der Waals surface area (Å²) in [6.07, 6.45) is -2.99. The number of carbonyl (C=O) groups excluding carboxylic acids is 1. The highest BCUT2D eigenvalue weighted by molar-refractivity contribution is 6.32. The first kappa shape index (κ1) is 34.1. The van der Waals surface area contributed by atoms with Crippen molar-refractivity contribution in [3.8, 4) is 17.2 Å². The van der Waals surface area contributed by atoms with Crippen LogP contribution in [0.25, 0.3) is 6.08 Å². The minimum absolute atomic E-state index is 0.0311. The van der Waals surface area contributed by atoms with Crippen LogP contribution in [-0.2, 0) is 9.53 Å². The van der Waals surface area contributed by atoms with E-state index in [9.17, 15) is 39.8 Å². The van der Waals surface area contributed by atoms with Crippen LogP contribution in [0.4, 0.5) is 4.39 Å². The number of halogens is 2. The number of nitrogens with one attached hydrogen (secondary N) is 1. The third kappa shape index (κ3) is 7.18. The molecule has 11 nitrogen and oxygen atoms in total. The van der Waals surface area contributed by atoms with Gasteiger partial charge >= 0.3 is 0 Å². The summed E-state index contributed by atoms with van der Waals surface area (Å²) in [5.74, 6) is -1.53. The van der Waals surface area contributed by atoms with E-state index in [1.54, 1.807) is 19.1 Å². The quantitative estimate of drug-likeness (QED) is 0.156. The van der Waals surface area contributed by atoms with Crippen LogP contribution in [0.5, 0.6) is 17.2 Å². The Morgan fingerprint density at radius 2 is 1.67 bits per heavy atom. The van der Waals surface area contributed by atoms with Crippen molar-refractivity contribution in [1.29, 1.82) is 0 Å². The highest BCUT2D eigenvalue weighted by Gasteiger charge is 2.51. The Bertz CT molecular complexity index is 1490. The lowest BCUT2D eigenvalue weighted by molar-refractivity contribution is -0.139. The molecule has 2 aliphatic carbocycles. The van der Waals surface area contributed by atoms with Crippen molar-refractivity contribution < 1.29 is 54.0 Å². The Hall–Kier alpha value is -3.23. The second-order valence-electron chi connectivity index (χ2n) is 12.1. The zero-order valence-corrected chi connectivity index (χ0v) is 26.0. The predicted molar refractivity (Wildman–Crippen MR) is 165 cm³/mol. The number of rotatable bonds is 9. The fourth-order valence-electron chi connectivity index (χ4n) is 6.49. The summed E-state index contributed by atoms with van der Waals surface area (Å²) in [5, 5.41) is 66.4. The van der Waals surface area contributed by atoms with E-state index in [1.165, 1.54) is 37.3 Å². The van der Waals surface area contributed by atoms with Gasteiger partial charge in [-0.1, -0.05) is 24.1 Å². The average Bonchev–Trinajstić information content (AvgIpc) is 3.62. The first-order valence-corrected chi connectivity index (χ1v) is 15.5. The molecule has 2 aromatic rings. The van der Waals surface area contributed by atoms with Crippen molar-refractivity contribution in [2.75, 3.05) is 6.61 Å². The molecule has 2 aromatic carbocycles. The molecular weight excluding hydrogens is 625 g/mol. The lowest BCUT2D eigenvalue weighted by Gasteiger charge is -2.43. The zero-order chi connectivity index (χ0) is 33.3. The topological polar surface area (TPSA) is 178 Å². The summed E-state index contributed by atoms with van der Waals surface area (Å²) in [7, 11) is 0. The maximum atomic E-state index is 13.2. The average molecular weight is 664 g/mol. The molecule has 3 aliphatic rings. The van der Waals surface area contributed by atoms with Gasteiger partial charge in [0, 0.05) is 5.57 Å². The maximum Gasteiger partial charge on any atom is 0.247 e. The highest BCUT2D eigenvalue weighted by atomic mass is 35.5. The van der Waals surface area contributed by atoms with Crippen molar-refractivity contribution in [3.63, 3.8) is 0 Å². The molecule has 0 aromatic heterocycles. The van der Waals surface area contributed by atoms with Crippen LogP contribution in [0.2, 0.25) is 5.02 Å². The van der Waals surface area contributed by atoms with Gasteiger partial charge < -0.3 is 50.2 Å². The molecule has 0 unspecified atom stereocenters. The van der Waals surface area contributed by atoms with Crippen LogP contribution in [0.15, 0.2) is 53.6 Å². The van der Waals surface area contributed by atoms with Gasteiger partial charge in [0.25, 0.3) is 0 Å². The Morgan fingerprint density at radius 1 is 0.978 bits per heavy atom. The summed E-state index contributed by atoms with van der Waals surface area (Å²) in [4.78, 5) is 12.9. The number of amides is 1. The number of hydrogen-bond donors (Lipinski definition) is 7. The van der Waals surface area contributed by atoms with E-state index in [2.05, 4.69) is 5.32 Å². The number of phenolic OH excluding ortho intramolecular Hbond substituents is 1. The van der Waals surface area contributed by atoms with Gasteiger partial charge in [-0.2, -0.15) is 0 Å². The second-order valence-corrected chi connectivity index (χ2v) is 12.5. The number of ether oxygens (including phenoxy) is 3. The minimum Gasteiger partial charge on any atom is -0.504 e. The van der Waals surface area contributed by atoms with Gasteiger partial charge in [-0.3, -0.25) is 4.79 Å². The molecular formula is C33H39ClFNO10. The molecule has 0 radical (unpaired) electrons. The molecule has 13 heteroatoms. The molecule has 1 saturated heterocycles. The number of benzene rings is 2. The summed E-state index contributed by atoms with van der Waals surface area (Å²) in [5.41, 5.74) is 1.19. The summed E-state index contributed by atoms with van der Waals surface area (Å²) in [6.45, 7) is 3.23.